The van der Waals surface area contributed by atoms with Crippen LogP contribution in [-0.2, 0) is 4.74 Å². The van der Waals surface area contributed by atoms with E-state index in [0.717, 1.165) is 0 Å². The number of anilines is 1. The number of methoxy groups -OCH3 is 3. The molecule has 18 heavy (non-hydrogen) atoms. The Kier molecular flexibility index (Phi) is 4.65. The summed E-state index contributed by atoms with van der Waals surface area (Å²) in [6.45, 7) is 2.19. The van der Waals surface area contributed by atoms with E-state index in [1.807, 2.05) is 0 Å². The van der Waals surface area contributed by atoms with Gasteiger partial charge >= 0.3 is 5.97 Å². The summed E-state index contributed by atoms with van der Waals surface area (Å²) in [5.41, 5.74) is 6.23. The quantitative estimate of drug-likeness (QED) is 0.634. The first-order chi connectivity index (χ1) is 8.60. The monoisotopic (exact) mass is 255 g/mol. The maximum atomic E-state index is 11.6. The molecule has 0 fully saturated rings. The number of carbonyl (C=O) groups excluding carboxylic acids is 1. The van der Waals surface area contributed by atoms with Gasteiger partial charge in [0.2, 0.25) is 5.75 Å². The summed E-state index contributed by atoms with van der Waals surface area (Å²) in [4.78, 5) is 11.6. The SMILES string of the molecule is CCOc1c(N)c(C(=O)OC)cc(OC)c1OC. The Labute approximate surface area is 106 Å². The highest BCUT2D eigenvalue weighted by Gasteiger charge is 2.23. The third kappa shape index (κ3) is 2.42. The third-order valence-electron chi connectivity index (χ3n) is 2.36. The number of esters is 1. The van der Waals surface area contributed by atoms with Crippen molar-refractivity contribution in [2.75, 3.05) is 33.7 Å². The summed E-state index contributed by atoms with van der Waals surface area (Å²) >= 11 is 0. The van der Waals surface area contributed by atoms with Crippen molar-refractivity contribution >= 4 is 11.7 Å². The van der Waals surface area contributed by atoms with Gasteiger partial charge in [-0.1, -0.05) is 0 Å². The largest absolute Gasteiger partial charge is 0.493 e. The summed E-state index contributed by atoms with van der Waals surface area (Å²) in [5, 5.41) is 0. The first-order valence-corrected chi connectivity index (χ1v) is 5.36. The van der Waals surface area contributed by atoms with Gasteiger partial charge in [-0.05, 0) is 6.92 Å². The van der Waals surface area contributed by atoms with Gasteiger partial charge in [-0.15, -0.1) is 0 Å². The van der Waals surface area contributed by atoms with Crippen LogP contribution in [-0.4, -0.2) is 33.9 Å². The maximum absolute atomic E-state index is 11.6. The van der Waals surface area contributed by atoms with Gasteiger partial charge in [0.05, 0.1) is 39.2 Å². The number of ether oxygens (including phenoxy) is 4. The molecule has 0 bridgehead atoms. The Hall–Kier alpha value is -2.11. The highest BCUT2D eigenvalue weighted by Crippen LogP contribution is 2.44. The first kappa shape index (κ1) is 14.0. The number of nitrogens with two attached hydrogens (primary N) is 1. The molecule has 0 amide bonds. The van der Waals surface area contributed by atoms with E-state index in [-0.39, 0.29) is 17.0 Å². The van der Waals surface area contributed by atoms with Crippen molar-refractivity contribution in [3.8, 4) is 17.2 Å². The van der Waals surface area contributed by atoms with E-state index in [4.69, 9.17) is 19.9 Å². The molecule has 0 aliphatic heterocycles. The predicted molar refractivity (Wildman–Crippen MR) is 66.5 cm³/mol. The normalized spacial score (nSPS) is 9.78. The zero-order valence-corrected chi connectivity index (χ0v) is 10.9. The first-order valence-electron chi connectivity index (χ1n) is 5.36. The van der Waals surface area contributed by atoms with Crippen LogP contribution in [0.25, 0.3) is 0 Å². The zero-order chi connectivity index (χ0) is 13.7. The lowest BCUT2D eigenvalue weighted by Gasteiger charge is -2.17. The fraction of sp³-hybridized carbons (Fsp3) is 0.417. The molecule has 6 heteroatoms. The van der Waals surface area contributed by atoms with E-state index in [1.54, 1.807) is 6.92 Å². The van der Waals surface area contributed by atoms with Gasteiger partial charge in [0.25, 0.3) is 0 Å². The van der Waals surface area contributed by atoms with Gasteiger partial charge in [0.15, 0.2) is 11.5 Å². The fourth-order valence-corrected chi connectivity index (χ4v) is 1.54. The Bertz CT molecular complexity index is 445. The molecule has 0 unspecified atom stereocenters. The number of benzene rings is 1. The number of hydrogen-bond donors (Lipinski definition) is 1. The van der Waals surface area contributed by atoms with Gasteiger partial charge in [0.1, 0.15) is 0 Å². The van der Waals surface area contributed by atoms with Crippen molar-refractivity contribution in [1.29, 1.82) is 0 Å². The molecule has 0 radical (unpaired) electrons. The van der Waals surface area contributed by atoms with Crippen LogP contribution in [0.3, 0.4) is 0 Å². The topological polar surface area (TPSA) is 80.0 Å². The molecule has 2 N–H and O–H groups in total. The molecule has 0 spiro atoms. The van der Waals surface area contributed by atoms with Crippen LogP contribution >= 0.6 is 0 Å². The van der Waals surface area contributed by atoms with Gasteiger partial charge in [-0.3, -0.25) is 0 Å². The molecule has 100 valence electrons. The number of carbonyl (C=O) groups is 1. The summed E-state index contributed by atoms with van der Waals surface area (Å²) < 4.78 is 20.4. The van der Waals surface area contributed by atoms with Crippen molar-refractivity contribution in [2.24, 2.45) is 0 Å². The standard InChI is InChI=1S/C12H17NO5/c1-5-18-11-9(13)7(12(14)17-4)6-8(15-2)10(11)16-3/h6H,5,13H2,1-4H3. The zero-order valence-electron chi connectivity index (χ0n) is 10.9. The van der Waals surface area contributed by atoms with Crippen LogP contribution in [0.4, 0.5) is 5.69 Å². The van der Waals surface area contributed by atoms with E-state index < -0.39 is 5.97 Å². The van der Waals surface area contributed by atoms with Gasteiger partial charge in [0, 0.05) is 6.07 Å². The Morgan fingerprint density at radius 1 is 1.22 bits per heavy atom. The molecule has 0 saturated heterocycles. The van der Waals surface area contributed by atoms with E-state index in [1.165, 1.54) is 27.4 Å². The average molecular weight is 255 g/mol. The van der Waals surface area contributed by atoms with Crippen molar-refractivity contribution in [3.63, 3.8) is 0 Å². The van der Waals surface area contributed by atoms with Crippen LogP contribution in [0.2, 0.25) is 0 Å². The Morgan fingerprint density at radius 2 is 1.89 bits per heavy atom. The highest BCUT2D eigenvalue weighted by atomic mass is 16.5. The predicted octanol–water partition coefficient (Wildman–Crippen LogP) is 1.47. The van der Waals surface area contributed by atoms with Crippen LogP contribution in [0, 0.1) is 0 Å². The minimum absolute atomic E-state index is 0.168. The van der Waals surface area contributed by atoms with Crippen LogP contribution in [0.5, 0.6) is 17.2 Å². The molecule has 0 heterocycles. The van der Waals surface area contributed by atoms with E-state index in [0.29, 0.717) is 18.1 Å². The smallest absolute Gasteiger partial charge is 0.340 e. The third-order valence-corrected chi connectivity index (χ3v) is 2.36. The molecule has 0 saturated carbocycles. The maximum Gasteiger partial charge on any atom is 0.340 e. The van der Waals surface area contributed by atoms with Crippen molar-refractivity contribution in [2.45, 2.75) is 6.92 Å². The summed E-state index contributed by atoms with van der Waals surface area (Å²) in [5.74, 6) is 0.425. The lowest BCUT2D eigenvalue weighted by Crippen LogP contribution is -2.10. The second-order valence-corrected chi connectivity index (χ2v) is 3.33. The Balaban J connectivity index is 3.48. The lowest BCUT2D eigenvalue weighted by atomic mass is 10.1. The molecule has 6 nitrogen and oxygen atoms in total. The molecule has 0 atom stereocenters. The van der Waals surface area contributed by atoms with E-state index in [9.17, 15) is 4.79 Å². The average Bonchev–Trinajstić information content (AvgIpc) is 2.39. The van der Waals surface area contributed by atoms with Crippen LogP contribution in [0.1, 0.15) is 17.3 Å². The molecule has 1 rings (SSSR count). The molecule has 1 aromatic rings. The van der Waals surface area contributed by atoms with Gasteiger partial charge < -0.3 is 24.7 Å². The molecule has 0 aliphatic rings. The van der Waals surface area contributed by atoms with E-state index in [2.05, 4.69) is 4.74 Å². The van der Waals surface area contributed by atoms with Crippen LogP contribution < -0.4 is 19.9 Å². The van der Waals surface area contributed by atoms with Gasteiger partial charge in [-0.2, -0.15) is 0 Å². The van der Waals surface area contributed by atoms with Gasteiger partial charge in [-0.25, -0.2) is 4.79 Å². The molecule has 1 aromatic carbocycles. The summed E-state index contributed by atoms with van der Waals surface area (Å²) in [7, 11) is 4.21. The Morgan fingerprint density at radius 3 is 2.33 bits per heavy atom. The fourth-order valence-electron chi connectivity index (χ4n) is 1.54. The second kappa shape index (κ2) is 6.00. The van der Waals surface area contributed by atoms with Crippen LogP contribution in [0.15, 0.2) is 6.07 Å². The summed E-state index contributed by atoms with van der Waals surface area (Å²) in [6, 6.07) is 1.46. The van der Waals surface area contributed by atoms with Crippen molar-refractivity contribution in [1.82, 2.24) is 0 Å². The molecule has 0 aliphatic carbocycles. The van der Waals surface area contributed by atoms with Crippen molar-refractivity contribution in [3.05, 3.63) is 11.6 Å². The number of rotatable bonds is 5. The second-order valence-electron chi connectivity index (χ2n) is 3.33. The van der Waals surface area contributed by atoms with Crippen molar-refractivity contribution < 1.29 is 23.7 Å². The highest BCUT2D eigenvalue weighted by molar-refractivity contribution is 5.98. The minimum Gasteiger partial charge on any atom is -0.493 e. The number of hydrogen-bond acceptors (Lipinski definition) is 6. The summed E-state index contributed by atoms with van der Waals surface area (Å²) in [6.07, 6.45) is 0. The molecular weight excluding hydrogens is 238 g/mol. The number of nitrogen functional groups attached to an aromatic ring is 1. The molecule has 0 aromatic heterocycles. The lowest BCUT2D eigenvalue weighted by molar-refractivity contribution is 0.0601. The van der Waals surface area contributed by atoms with E-state index >= 15 is 0 Å². The molecular formula is C12H17NO5. The minimum atomic E-state index is -0.561.